The first-order valence-electron chi connectivity index (χ1n) is 11.6. The van der Waals surface area contributed by atoms with E-state index in [9.17, 15) is 19.7 Å². The van der Waals surface area contributed by atoms with Crippen LogP contribution in [0.1, 0.15) is 15.2 Å². The second-order valence-corrected chi connectivity index (χ2v) is 9.41. The number of thiophene rings is 1. The second-order valence-electron chi connectivity index (χ2n) is 8.24. The van der Waals surface area contributed by atoms with Gasteiger partial charge in [-0.2, -0.15) is 0 Å². The molecule has 0 unspecified atom stereocenters. The van der Waals surface area contributed by atoms with Crippen molar-refractivity contribution in [3.05, 3.63) is 87.3 Å². The Bertz CT molecular complexity index is 1560. The maximum Gasteiger partial charge on any atom is 0.308 e. The average Bonchev–Trinajstić information content (AvgIpc) is 3.39. The first kappa shape index (κ1) is 27.1. The SMILES string of the molecule is COc1ccc(-c2cc(C(=O)Nc3ccccc3-c3ccc(CC(=O)O)s3)cc([N+](=O)[O-])c2)c(OC)c1OC. The molecule has 1 aromatic heterocycles. The predicted octanol–water partition coefficient (Wildman–Crippen LogP) is 5.90. The van der Waals surface area contributed by atoms with Crippen LogP contribution in [-0.4, -0.2) is 43.2 Å². The van der Waals surface area contributed by atoms with Gasteiger partial charge < -0.3 is 24.6 Å². The number of carbonyl (C=O) groups is 2. The summed E-state index contributed by atoms with van der Waals surface area (Å²) < 4.78 is 16.3. The molecule has 0 atom stereocenters. The van der Waals surface area contributed by atoms with Crippen molar-refractivity contribution in [2.24, 2.45) is 0 Å². The summed E-state index contributed by atoms with van der Waals surface area (Å²) in [7, 11) is 4.37. The molecule has 10 nitrogen and oxygen atoms in total. The highest BCUT2D eigenvalue weighted by Gasteiger charge is 2.22. The van der Waals surface area contributed by atoms with Crippen LogP contribution in [0.25, 0.3) is 21.6 Å². The molecule has 3 aromatic carbocycles. The molecule has 0 aliphatic carbocycles. The third-order valence-corrected chi connectivity index (χ3v) is 6.95. The molecule has 0 saturated carbocycles. The average molecular weight is 549 g/mol. The Morgan fingerprint density at radius 1 is 0.923 bits per heavy atom. The number of methoxy groups -OCH3 is 3. The Morgan fingerprint density at radius 2 is 1.67 bits per heavy atom. The van der Waals surface area contributed by atoms with Gasteiger partial charge in [0.1, 0.15) is 0 Å². The van der Waals surface area contributed by atoms with Crippen molar-refractivity contribution < 1.29 is 33.8 Å². The zero-order valence-electron chi connectivity index (χ0n) is 21.2. The minimum atomic E-state index is -0.933. The molecule has 0 aliphatic rings. The molecular weight excluding hydrogens is 524 g/mol. The third kappa shape index (κ3) is 5.83. The van der Waals surface area contributed by atoms with Gasteiger partial charge in [-0.05, 0) is 42.0 Å². The summed E-state index contributed by atoms with van der Waals surface area (Å²) in [4.78, 5) is 37.1. The summed E-state index contributed by atoms with van der Waals surface area (Å²) in [6.45, 7) is 0. The van der Waals surface area contributed by atoms with Crippen molar-refractivity contribution in [1.29, 1.82) is 0 Å². The molecule has 0 radical (unpaired) electrons. The van der Waals surface area contributed by atoms with Crippen molar-refractivity contribution in [2.75, 3.05) is 26.6 Å². The van der Waals surface area contributed by atoms with Gasteiger partial charge in [0.2, 0.25) is 5.75 Å². The standard InChI is InChI=1S/C28H24N2O8S/c1-36-23-10-9-20(26(37-2)27(23)38-3)16-12-17(14-18(13-16)30(34)35)28(33)29-22-7-5-4-6-21(22)24-11-8-19(39-24)15-25(31)32/h4-14H,15H2,1-3H3,(H,29,33)(H,31,32). The number of nitrogens with one attached hydrogen (secondary N) is 1. The fourth-order valence-electron chi connectivity index (χ4n) is 4.10. The summed E-state index contributed by atoms with van der Waals surface area (Å²) in [5, 5.41) is 23.7. The number of anilines is 1. The van der Waals surface area contributed by atoms with Crippen LogP contribution in [0.15, 0.2) is 66.7 Å². The summed E-state index contributed by atoms with van der Waals surface area (Å²) in [6, 6.07) is 18.0. The van der Waals surface area contributed by atoms with Gasteiger partial charge in [-0.25, -0.2) is 0 Å². The first-order valence-corrected chi connectivity index (χ1v) is 12.4. The largest absolute Gasteiger partial charge is 0.493 e. The summed E-state index contributed by atoms with van der Waals surface area (Å²) in [6.07, 6.45) is -0.102. The number of nitro groups is 1. The van der Waals surface area contributed by atoms with Gasteiger partial charge in [-0.1, -0.05) is 18.2 Å². The van der Waals surface area contributed by atoms with Crippen LogP contribution in [0, 0.1) is 10.1 Å². The minimum absolute atomic E-state index is 0.0589. The lowest BCUT2D eigenvalue weighted by Gasteiger charge is -2.16. The number of nitrogens with zero attached hydrogens (tertiary/aromatic N) is 1. The van der Waals surface area contributed by atoms with Crippen LogP contribution < -0.4 is 19.5 Å². The van der Waals surface area contributed by atoms with E-state index in [1.165, 1.54) is 50.9 Å². The van der Waals surface area contributed by atoms with E-state index in [0.717, 1.165) is 4.88 Å². The van der Waals surface area contributed by atoms with Gasteiger partial charge in [-0.15, -0.1) is 11.3 Å². The summed E-state index contributed by atoms with van der Waals surface area (Å²) in [5.41, 5.74) is 1.79. The Morgan fingerprint density at radius 3 is 2.33 bits per heavy atom. The lowest BCUT2D eigenvalue weighted by atomic mass is 9.99. The smallest absolute Gasteiger partial charge is 0.308 e. The highest BCUT2D eigenvalue weighted by Crippen LogP contribution is 2.45. The van der Waals surface area contributed by atoms with E-state index in [0.29, 0.717) is 44.5 Å². The van der Waals surface area contributed by atoms with Crippen molar-refractivity contribution in [3.63, 3.8) is 0 Å². The molecule has 4 rings (SSSR count). The number of non-ortho nitro benzene ring substituents is 1. The zero-order valence-corrected chi connectivity index (χ0v) is 22.0. The number of carboxylic acid groups (broad SMARTS) is 1. The number of benzene rings is 3. The topological polar surface area (TPSA) is 137 Å². The first-order chi connectivity index (χ1) is 18.7. The number of carbonyl (C=O) groups excluding carboxylic acids is 1. The molecule has 1 heterocycles. The van der Waals surface area contributed by atoms with Crippen molar-refractivity contribution >= 4 is 34.6 Å². The Labute approximate surface area is 227 Å². The van der Waals surface area contributed by atoms with E-state index in [4.69, 9.17) is 19.3 Å². The van der Waals surface area contributed by atoms with Crippen LogP contribution in [0.2, 0.25) is 0 Å². The van der Waals surface area contributed by atoms with Crippen LogP contribution in [0.4, 0.5) is 11.4 Å². The maximum absolute atomic E-state index is 13.4. The van der Waals surface area contributed by atoms with E-state index in [-0.39, 0.29) is 17.7 Å². The molecule has 0 aliphatic heterocycles. The van der Waals surface area contributed by atoms with Crippen molar-refractivity contribution in [1.82, 2.24) is 0 Å². The van der Waals surface area contributed by atoms with E-state index in [1.54, 1.807) is 48.5 Å². The zero-order chi connectivity index (χ0) is 28.1. The number of carboxylic acids is 1. The molecule has 1 amide bonds. The highest BCUT2D eigenvalue weighted by atomic mass is 32.1. The van der Waals surface area contributed by atoms with Crippen molar-refractivity contribution in [2.45, 2.75) is 6.42 Å². The number of ether oxygens (including phenoxy) is 3. The number of nitro benzene ring substituents is 1. The van der Waals surface area contributed by atoms with E-state index in [1.807, 2.05) is 0 Å². The molecule has 11 heteroatoms. The highest BCUT2D eigenvalue weighted by molar-refractivity contribution is 7.15. The summed E-state index contributed by atoms with van der Waals surface area (Å²) >= 11 is 1.31. The van der Waals surface area contributed by atoms with Gasteiger partial charge in [0, 0.05) is 44.3 Å². The Balaban J connectivity index is 1.74. The molecule has 0 bridgehead atoms. The number of hydrogen-bond donors (Lipinski definition) is 2. The Hall–Kier alpha value is -4.90. The predicted molar refractivity (Wildman–Crippen MR) is 147 cm³/mol. The van der Waals surface area contributed by atoms with E-state index >= 15 is 0 Å². The fraction of sp³-hybridized carbons (Fsp3) is 0.143. The normalized spacial score (nSPS) is 10.5. The molecular formula is C28H24N2O8S. The summed E-state index contributed by atoms with van der Waals surface area (Å²) in [5.74, 6) is -0.476. The lowest BCUT2D eigenvalue weighted by molar-refractivity contribution is -0.384. The van der Waals surface area contributed by atoms with Crippen LogP contribution in [0.3, 0.4) is 0 Å². The van der Waals surface area contributed by atoms with Crippen LogP contribution >= 0.6 is 11.3 Å². The lowest BCUT2D eigenvalue weighted by Crippen LogP contribution is -2.13. The molecule has 0 fully saturated rings. The number of rotatable bonds is 10. The van der Waals surface area contributed by atoms with Crippen LogP contribution in [-0.2, 0) is 11.2 Å². The molecule has 4 aromatic rings. The molecule has 39 heavy (non-hydrogen) atoms. The minimum Gasteiger partial charge on any atom is -0.493 e. The molecule has 0 spiro atoms. The van der Waals surface area contributed by atoms with E-state index < -0.39 is 16.8 Å². The van der Waals surface area contributed by atoms with Gasteiger partial charge in [0.05, 0.1) is 32.7 Å². The second kappa shape index (κ2) is 11.7. The van der Waals surface area contributed by atoms with Gasteiger partial charge >= 0.3 is 5.97 Å². The number of amides is 1. The van der Waals surface area contributed by atoms with Crippen molar-refractivity contribution in [3.8, 4) is 38.8 Å². The van der Waals surface area contributed by atoms with Crippen LogP contribution in [0.5, 0.6) is 17.2 Å². The molecule has 2 N–H and O–H groups in total. The number of hydrogen-bond acceptors (Lipinski definition) is 8. The number of aliphatic carboxylic acids is 1. The molecule has 200 valence electrons. The quantitative estimate of drug-likeness (QED) is 0.185. The van der Waals surface area contributed by atoms with Gasteiger partial charge in [0.15, 0.2) is 11.5 Å². The van der Waals surface area contributed by atoms with Gasteiger partial charge in [0.25, 0.3) is 11.6 Å². The monoisotopic (exact) mass is 548 g/mol. The number of para-hydroxylation sites is 1. The fourth-order valence-corrected chi connectivity index (χ4v) is 5.14. The Kier molecular flexibility index (Phi) is 8.11. The van der Waals surface area contributed by atoms with E-state index in [2.05, 4.69) is 5.32 Å². The van der Waals surface area contributed by atoms with Gasteiger partial charge in [-0.3, -0.25) is 19.7 Å². The maximum atomic E-state index is 13.4. The third-order valence-electron chi connectivity index (χ3n) is 5.83. The molecule has 0 saturated heterocycles.